The summed E-state index contributed by atoms with van der Waals surface area (Å²) in [7, 11) is -3.96. The third-order valence-electron chi connectivity index (χ3n) is 3.08. The topological polar surface area (TPSA) is 72.5 Å². The molecule has 0 aliphatic carbocycles. The van der Waals surface area contributed by atoms with Gasteiger partial charge >= 0.3 is 10.1 Å². The highest BCUT2D eigenvalue weighted by atomic mass is 32.2. The van der Waals surface area contributed by atoms with Gasteiger partial charge in [0.2, 0.25) is 0 Å². The van der Waals surface area contributed by atoms with Crippen LogP contribution in [0.4, 0.5) is 0 Å². The van der Waals surface area contributed by atoms with E-state index in [1.165, 1.54) is 18.2 Å². The molecular formula is C16H11NO4S3. The molecule has 2 aromatic rings. The fourth-order valence-corrected chi connectivity index (χ4v) is 4.00. The summed E-state index contributed by atoms with van der Waals surface area (Å²) in [5, 5.41) is 2.51. The smallest absolute Gasteiger partial charge is 0.339 e. The molecule has 0 atom stereocenters. The van der Waals surface area contributed by atoms with Gasteiger partial charge in [-0.1, -0.05) is 60.4 Å². The normalized spacial score (nSPS) is 16.2. The third kappa shape index (κ3) is 3.66. The summed E-state index contributed by atoms with van der Waals surface area (Å²) in [6, 6.07) is 14.4. The van der Waals surface area contributed by atoms with Gasteiger partial charge in [-0.2, -0.15) is 8.42 Å². The molecule has 0 bridgehead atoms. The van der Waals surface area contributed by atoms with Gasteiger partial charge in [0.25, 0.3) is 5.91 Å². The Morgan fingerprint density at radius 3 is 2.38 bits per heavy atom. The van der Waals surface area contributed by atoms with Gasteiger partial charge in [0.1, 0.15) is 15.0 Å². The number of carbonyl (C=O) groups is 1. The van der Waals surface area contributed by atoms with Crippen LogP contribution in [0.3, 0.4) is 0 Å². The zero-order valence-electron chi connectivity index (χ0n) is 12.1. The van der Waals surface area contributed by atoms with Crippen LogP contribution in [0, 0.1) is 0 Å². The number of hydrogen-bond acceptors (Lipinski definition) is 6. The molecule has 1 amide bonds. The number of carbonyl (C=O) groups excluding carboxylic acids is 1. The van der Waals surface area contributed by atoms with E-state index in [0.29, 0.717) is 14.8 Å². The van der Waals surface area contributed by atoms with Crippen molar-refractivity contribution in [2.75, 3.05) is 0 Å². The van der Waals surface area contributed by atoms with Crippen LogP contribution in [0.25, 0.3) is 6.08 Å². The average Bonchev–Trinajstić information content (AvgIpc) is 2.87. The number of thioether (sulfide) groups is 1. The highest BCUT2D eigenvalue weighted by Gasteiger charge is 2.23. The first-order valence-electron chi connectivity index (χ1n) is 6.79. The maximum atomic E-state index is 12.4. The second kappa shape index (κ2) is 6.76. The van der Waals surface area contributed by atoms with Crippen LogP contribution < -0.4 is 9.50 Å². The van der Waals surface area contributed by atoms with Crippen molar-refractivity contribution in [3.05, 3.63) is 65.1 Å². The summed E-state index contributed by atoms with van der Waals surface area (Å²) in [5.41, 5.74) is 0.472. The van der Waals surface area contributed by atoms with Crippen molar-refractivity contribution in [2.24, 2.45) is 0 Å². The van der Waals surface area contributed by atoms with Crippen LogP contribution in [-0.4, -0.2) is 18.6 Å². The van der Waals surface area contributed by atoms with Gasteiger partial charge in [0.05, 0.1) is 4.91 Å². The van der Waals surface area contributed by atoms with E-state index in [0.717, 1.165) is 11.8 Å². The average molecular weight is 377 g/mol. The molecule has 1 aliphatic rings. The van der Waals surface area contributed by atoms with E-state index in [-0.39, 0.29) is 16.6 Å². The van der Waals surface area contributed by atoms with E-state index >= 15 is 0 Å². The first kappa shape index (κ1) is 16.7. The third-order valence-corrected chi connectivity index (χ3v) is 5.49. The van der Waals surface area contributed by atoms with Crippen LogP contribution in [0.1, 0.15) is 5.56 Å². The van der Waals surface area contributed by atoms with E-state index in [4.69, 9.17) is 16.4 Å². The van der Waals surface area contributed by atoms with E-state index < -0.39 is 10.1 Å². The second-order valence-electron chi connectivity index (χ2n) is 4.74. The number of nitrogens with one attached hydrogen (secondary N) is 1. The van der Waals surface area contributed by atoms with E-state index in [1.807, 2.05) is 0 Å². The van der Waals surface area contributed by atoms with Crippen molar-refractivity contribution in [2.45, 2.75) is 4.90 Å². The molecule has 0 aromatic heterocycles. The molecule has 2 aromatic carbocycles. The van der Waals surface area contributed by atoms with Gasteiger partial charge in [0, 0.05) is 5.56 Å². The summed E-state index contributed by atoms with van der Waals surface area (Å²) in [6.07, 6.45) is 1.55. The molecule has 1 heterocycles. The minimum atomic E-state index is -3.96. The summed E-state index contributed by atoms with van der Waals surface area (Å²) < 4.78 is 30.3. The van der Waals surface area contributed by atoms with Crippen molar-refractivity contribution in [3.8, 4) is 5.75 Å². The molecule has 1 aliphatic heterocycles. The Balaban J connectivity index is 1.95. The predicted molar refractivity (Wildman–Crippen MR) is 97.0 cm³/mol. The van der Waals surface area contributed by atoms with Crippen LogP contribution in [0.15, 0.2) is 64.4 Å². The molecule has 24 heavy (non-hydrogen) atoms. The molecule has 0 unspecified atom stereocenters. The Kier molecular flexibility index (Phi) is 4.70. The number of para-hydroxylation sites is 1. The summed E-state index contributed by atoms with van der Waals surface area (Å²) in [6.45, 7) is 0. The Labute approximate surface area is 148 Å². The molecule has 0 radical (unpaired) electrons. The van der Waals surface area contributed by atoms with Crippen molar-refractivity contribution in [1.82, 2.24) is 5.32 Å². The van der Waals surface area contributed by atoms with Crippen LogP contribution in [0.5, 0.6) is 5.75 Å². The Morgan fingerprint density at radius 1 is 1.04 bits per heavy atom. The summed E-state index contributed by atoms with van der Waals surface area (Å²) in [4.78, 5) is 12.2. The Morgan fingerprint density at radius 2 is 1.71 bits per heavy atom. The van der Waals surface area contributed by atoms with Gasteiger partial charge in [0.15, 0.2) is 0 Å². The molecule has 5 nitrogen and oxygen atoms in total. The van der Waals surface area contributed by atoms with Gasteiger partial charge in [-0.05, 0) is 24.3 Å². The molecule has 0 spiro atoms. The molecule has 3 rings (SSSR count). The van der Waals surface area contributed by atoms with E-state index in [9.17, 15) is 13.2 Å². The molecular weight excluding hydrogens is 366 g/mol. The van der Waals surface area contributed by atoms with E-state index in [1.54, 1.807) is 42.5 Å². The monoisotopic (exact) mass is 377 g/mol. The van der Waals surface area contributed by atoms with Gasteiger partial charge in [-0.3, -0.25) is 4.79 Å². The van der Waals surface area contributed by atoms with Crippen molar-refractivity contribution in [3.63, 3.8) is 0 Å². The lowest BCUT2D eigenvalue weighted by atomic mass is 10.2. The molecule has 122 valence electrons. The maximum Gasteiger partial charge on any atom is 0.339 e. The molecule has 8 heteroatoms. The Hall–Kier alpha value is -2.16. The fourth-order valence-electron chi connectivity index (χ4n) is 1.99. The first-order valence-corrected chi connectivity index (χ1v) is 9.42. The highest BCUT2D eigenvalue weighted by molar-refractivity contribution is 8.26. The fraction of sp³-hybridized carbons (Fsp3) is 0. The van der Waals surface area contributed by atoms with Crippen LogP contribution >= 0.6 is 24.0 Å². The second-order valence-corrected chi connectivity index (χ2v) is 8.01. The first-order chi connectivity index (χ1) is 11.5. The zero-order valence-corrected chi connectivity index (χ0v) is 14.6. The van der Waals surface area contributed by atoms with Crippen LogP contribution in [0.2, 0.25) is 0 Å². The quantitative estimate of drug-likeness (QED) is 0.502. The lowest BCUT2D eigenvalue weighted by Gasteiger charge is -2.09. The summed E-state index contributed by atoms with van der Waals surface area (Å²) in [5.74, 6) is -0.175. The number of hydrogen-bond donors (Lipinski definition) is 1. The molecule has 1 N–H and O–H groups in total. The lowest BCUT2D eigenvalue weighted by Crippen LogP contribution is -2.17. The zero-order chi connectivity index (χ0) is 17.2. The number of benzene rings is 2. The number of thiocarbonyl (C=S) groups is 1. The van der Waals surface area contributed by atoms with Crippen molar-refractivity contribution < 1.29 is 17.4 Å². The molecule has 1 fully saturated rings. The van der Waals surface area contributed by atoms with Gasteiger partial charge in [-0.15, -0.1) is 0 Å². The standard InChI is InChI=1S/C16H11NO4S3/c18-15-14(23-16(22)17-15)10-11-6-4-5-9-13(11)21-24(19,20)12-7-2-1-3-8-12/h1-10H,(H,17,18,22)/b14-10-. The highest BCUT2D eigenvalue weighted by Crippen LogP contribution is 2.30. The summed E-state index contributed by atoms with van der Waals surface area (Å²) >= 11 is 6.06. The van der Waals surface area contributed by atoms with Gasteiger partial charge in [-0.25, -0.2) is 0 Å². The van der Waals surface area contributed by atoms with Crippen molar-refractivity contribution in [1.29, 1.82) is 0 Å². The number of amides is 1. The van der Waals surface area contributed by atoms with E-state index in [2.05, 4.69) is 5.32 Å². The Bertz CT molecular complexity index is 937. The van der Waals surface area contributed by atoms with Crippen molar-refractivity contribution >= 4 is 50.4 Å². The maximum absolute atomic E-state index is 12.4. The molecule has 0 saturated carbocycles. The SMILES string of the molecule is O=C1NC(=S)S/C1=C\c1ccccc1OS(=O)(=O)c1ccccc1. The molecule has 1 saturated heterocycles. The minimum Gasteiger partial charge on any atom is -0.378 e. The lowest BCUT2D eigenvalue weighted by molar-refractivity contribution is -0.115. The largest absolute Gasteiger partial charge is 0.378 e. The van der Waals surface area contributed by atoms with Crippen LogP contribution in [-0.2, 0) is 14.9 Å². The minimum absolute atomic E-state index is 0.0571. The number of rotatable bonds is 4. The predicted octanol–water partition coefficient (Wildman–Crippen LogP) is 2.94. The van der Waals surface area contributed by atoms with Gasteiger partial charge < -0.3 is 9.50 Å².